The second-order valence-electron chi connectivity index (χ2n) is 6.85. The zero-order valence-corrected chi connectivity index (χ0v) is 17.0. The van der Waals surface area contributed by atoms with Crippen molar-refractivity contribution in [3.8, 4) is 23.2 Å². The topological polar surface area (TPSA) is 94.3 Å². The molecule has 4 aromatic rings. The minimum Gasteiger partial charge on any atom is -0.493 e. The van der Waals surface area contributed by atoms with E-state index in [1.807, 2.05) is 78.9 Å². The predicted octanol–water partition coefficient (Wildman–Crippen LogP) is 3.29. The number of nitrogens with one attached hydrogen (secondary N) is 1. The number of rotatable bonds is 9. The molecule has 0 aliphatic heterocycles. The van der Waals surface area contributed by atoms with Crippen LogP contribution < -0.4 is 14.8 Å². The zero-order valence-electron chi connectivity index (χ0n) is 17.0. The number of ether oxygens (including phenoxy) is 2. The lowest BCUT2D eigenvalue weighted by Crippen LogP contribution is -2.21. The summed E-state index contributed by atoms with van der Waals surface area (Å²) in [6, 6.07) is 24.9. The van der Waals surface area contributed by atoms with Crippen molar-refractivity contribution in [2.45, 2.75) is 12.6 Å². The van der Waals surface area contributed by atoms with Crippen LogP contribution in [0, 0.1) is 0 Å². The Bertz CT molecular complexity index is 1100. The quantitative estimate of drug-likeness (QED) is 0.432. The van der Waals surface area contributed by atoms with Crippen LogP contribution >= 0.6 is 0 Å². The lowest BCUT2D eigenvalue weighted by atomic mass is 10.1. The second kappa shape index (κ2) is 9.84. The summed E-state index contributed by atoms with van der Waals surface area (Å²) in [7, 11) is 1.58. The fraction of sp³-hybridized carbons (Fsp3) is 0.174. The second-order valence-corrected chi connectivity index (χ2v) is 6.85. The molecule has 158 valence electrons. The number of methoxy groups -OCH3 is 1. The molecule has 2 N–H and O–H groups in total. The van der Waals surface area contributed by atoms with Crippen LogP contribution in [0.3, 0.4) is 0 Å². The van der Waals surface area contributed by atoms with E-state index in [1.54, 1.807) is 7.11 Å². The minimum atomic E-state index is -0.567. The molecule has 1 atom stereocenters. The summed E-state index contributed by atoms with van der Waals surface area (Å²) < 4.78 is 12.9. The van der Waals surface area contributed by atoms with Crippen LogP contribution in [0.4, 0.5) is 0 Å². The molecule has 31 heavy (non-hydrogen) atoms. The third-order valence-corrected chi connectivity index (χ3v) is 4.72. The van der Waals surface area contributed by atoms with Gasteiger partial charge in [-0.15, -0.1) is 0 Å². The van der Waals surface area contributed by atoms with Crippen LogP contribution in [0.25, 0.3) is 5.69 Å². The third-order valence-electron chi connectivity index (χ3n) is 4.72. The maximum absolute atomic E-state index is 10.3. The largest absolute Gasteiger partial charge is 0.493 e. The summed E-state index contributed by atoms with van der Waals surface area (Å²) in [6.45, 7) is 1.01. The van der Waals surface area contributed by atoms with Crippen molar-refractivity contribution in [1.82, 2.24) is 25.5 Å². The molecule has 3 aromatic carbocycles. The van der Waals surface area contributed by atoms with Crippen LogP contribution in [-0.4, -0.2) is 39.0 Å². The van der Waals surface area contributed by atoms with Gasteiger partial charge in [0.05, 0.1) is 18.9 Å². The van der Waals surface area contributed by atoms with Gasteiger partial charge in [-0.1, -0.05) is 59.7 Å². The summed E-state index contributed by atoms with van der Waals surface area (Å²) >= 11 is 0. The molecule has 4 rings (SSSR count). The highest BCUT2D eigenvalue weighted by atomic mass is 16.5. The Morgan fingerprint density at radius 3 is 2.45 bits per heavy atom. The molecule has 0 fully saturated rings. The third kappa shape index (κ3) is 5.06. The number of para-hydroxylation sites is 1. The molecule has 0 bridgehead atoms. The van der Waals surface area contributed by atoms with Crippen molar-refractivity contribution in [2.75, 3.05) is 13.7 Å². The van der Waals surface area contributed by atoms with Gasteiger partial charge in [-0.05, 0) is 45.8 Å². The van der Waals surface area contributed by atoms with Crippen molar-refractivity contribution in [3.05, 3.63) is 90.0 Å². The average Bonchev–Trinajstić information content (AvgIpc) is 3.29. The first-order valence-electron chi connectivity index (χ1n) is 9.87. The van der Waals surface area contributed by atoms with Crippen molar-refractivity contribution < 1.29 is 14.6 Å². The number of hydrogen-bond acceptors (Lipinski definition) is 7. The van der Waals surface area contributed by atoms with Gasteiger partial charge >= 0.3 is 6.01 Å². The molecule has 0 amide bonds. The summed E-state index contributed by atoms with van der Waals surface area (Å²) in [5, 5.41) is 25.2. The summed E-state index contributed by atoms with van der Waals surface area (Å²) in [4.78, 5) is 0. The van der Waals surface area contributed by atoms with Gasteiger partial charge in [0.2, 0.25) is 0 Å². The Balaban J connectivity index is 1.42. The normalized spacial score (nSPS) is 11.8. The minimum absolute atomic E-state index is 0.237. The molecule has 0 aliphatic rings. The number of nitrogens with zero attached hydrogens (tertiary/aromatic N) is 4. The van der Waals surface area contributed by atoms with E-state index in [0.717, 1.165) is 16.8 Å². The van der Waals surface area contributed by atoms with Crippen LogP contribution in [-0.2, 0) is 6.54 Å². The van der Waals surface area contributed by atoms with E-state index in [4.69, 9.17) is 9.47 Å². The maximum Gasteiger partial charge on any atom is 0.346 e. The molecule has 1 heterocycles. The van der Waals surface area contributed by atoms with E-state index in [9.17, 15) is 5.11 Å². The van der Waals surface area contributed by atoms with Crippen LogP contribution in [0.1, 0.15) is 17.2 Å². The Morgan fingerprint density at radius 2 is 1.71 bits per heavy atom. The standard InChI is InChI=1S/C23H23N5O3/c1-30-22-14-17(15-24-16-20(29)18-8-4-2-5-9-18)12-13-21(22)31-23-25-26-27-28(23)19-10-6-3-7-11-19/h2-14,20,24,29H,15-16H2,1H3. The van der Waals surface area contributed by atoms with Crippen molar-refractivity contribution in [1.29, 1.82) is 0 Å². The molecule has 8 heteroatoms. The highest BCUT2D eigenvalue weighted by Crippen LogP contribution is 2.32. The molecule has 0 spiro atoms. The van der Waals surface area contributed by atoms with E-state index in [1.165, 1.54) is 4.68 Å². The van der Waals surface area contributed by atoms with Gasteiger partial charge in [-0.3, -0.25) is 0 Å². The van der Waals surface area contributed by atoms with E-state index in [-0.39, 0.29) is 6.01 Å². The fourth-order valence-corrected chi connectivity index (χ4v) is 3.12. The Kier molecular flexibility index (Phi) is 6.51. The number of benzene rings is 3. The number of tetrazole rings is 1. The molecule has 8 nitrogen and oxygen atoms in total. The van der Waals surface area contributed by atoms with Gasteiger partial charge in [0, 0.05) is 13.1 Å². The smallest absolute Gasteiger partial charge is 0.346 e. The van der Waals surface area contributed by atoms with Gasteiger partial charge in [-0.25, -0.2) is 0 Å². The summed E-state index contributed by atoms with van der Waals surface area (Å²) in [5.74, 6) is 1.06. The van der Waals surface area contributed by atoms with Crippen LogP contribution in [0.5, 0.6) is 17.5 Å². The summed E-state index contributed by atoms with van der Waals surface area (Å²) in [6.07, 6.45) is -0.567. The monoisotopic (exact) mass is 417 g/mol. The first-order valence-corrected chi connectivity index (χ1v) is 9.87. The van der Waals surface area contributed by atoms with Gasteiger partial charge in [-0.2, -0.15) is 4.68 Å². The van der Waals surface area contributed by atoms with Crippen molar-refractivity contribution in [2.24, 2.45) is 0 Å². The molecule has 0 radical (unpaired) electrons. The predicted molar refractivity (Wildman–Crippen MR) is 115 cm³/mol. The first kappa shape index (κ1) is 20.5. The number of aliphatic hydroxyl groups excluding tert-OH is 1. The van der Waals surface area contributed by atoms with E-state index >= 15 is 0 Å². The number of aromatic nitrogens is 4. The van der Waals surface area contributed by atoms with Gasteiger partial charge in [0.15, 0.2) is 11.5 Å². The number of aliphatic hydroxyl groups is 1. The maximum atomic E-state index is 10.3. The molecule has 0 saturated carbocycles. The van der Waals surface area contributed by atoms with Crippen LogP contribution in [0.15, 0.2) is 78.9 Å². The molecule has 1 aromatic heterocycles. The molecular weight excluding hydrogens is 394 g/mol. The highest BCUT2D eigenvalue weighted by molar-refractivity contribution is 5.44. The van der Waals surface area contributed by atoms with Crippen molar-refractivity contribution >= 4 is 0 Å². The number of hydrogen-bond donors (Lipinski definition) is 2. The lowest BCUT2D eigenvalue weighted by molar-refractivity contribution is 0.174. The Morgan fingerprint density at radius 1 is 0.968 bits per heavy atom. The molecule has 1 unspecified atom stereocenters. The van der Waals surface area contributed by atoms with Gasteiger partial charge in [0.1, 0.15) is 0 Å². The SMILES string of the molecule is COc1cc(CNCC(O)c2ccccc2)ccc1Oc1nnnn1-c1ccccc1. The molecular formula is C23H23N5O3. The molecule has 0 saturated heterocycles. The highest BCUT2D eigenvalue weighted by Gasteiger charge is 2.14. The Labute approximate surface area is 180 Å². The Hall–Kier alpha value is -3.75. The summed E-state index contributed by atoms with van der Waals surface area (Å²) in [5.41, 5.74) is 2.67. The van der Waals surface area contributed by atoms with Gasteiger partial charge in [0.25, 0.3) is 0 Å². The first-order chi connectivity index (χ1) is 15.2. The fourth-order valence-electron chi connectivity index (χ4n) is 3.12. The lowest BCUT2D eigenvalue weighted by Gasteiger charge is -2.14. The van der Waals surface area contributed by atoms with Crippen molar-refractivity contribution in [3.63, 3.8) is 0 Å². The zero-order chi connectivity index (χ0) is 21.5. The van der Waals surface area contributed by atoms with Gasteiger partial charge < -0.3 is 19.9 Å². The van der Waals surface area contributed by atoms with E-state index in [2.05, 4.69) is 20.8 Å². The molecule has 0 aliphatic carbocycles. The van der Waals surface area contributed by atoms with E-state index in [0.29, 0.717) is 24.6 Å². The average molecular weight is 417 g/mol. The van der Waals surface area contributed by atoms with Crippen LogP contribution in [0.2, 0.25) is 0 Å². The van der Waals surface area contributed by atoms with E-state index < -0.39 is 6.10 Å².